The van der Waals surface area contributed by atoms with E-state index in [-0.39, 0.29) is 30.0 Å². The van der Waals surface area contributed by atoms with E-state index in [9.17, 15) is 9.18 Å². The molecule has 3 rings (SSSR count). The molecule has 1 aliphatic carbocycles. The Bertz CT molecular complexity index is 808. The molecule has 0 unspecified atom stereocenters. The SMILES string of the molecule is CCOc1nc2cnc(O[C@H]3CC[C@H](OC[C@H](C)NC(C)=O)CC3)c(F)c2s1. The summed E-state index contributed by atoms with van der Waals surface area (Å²) in [6.07, 6.45) is 4.76. The van der Waals surface area contributed by atoms with Crippen molar-refractivity contribution < 1.29 is 23.4 Å². The van der Waals surface area contributed by atoms with Gasteiger partial charge in [0, 0.05) is 13.0 Å². The van der Waals surface area contributed by atoms with Gasteiger partial charge in [0.1, 0.15) is 16.3 Å². The quantitative estimate of drug-likeness (QED) is 0.716. The normalized spacial score (nSPS) is 20.7. The molecule has 2 aromatic heterocycles. The summed E-state index contributed by atoms with van der Waals surface area (Å²) >= 11 is 1.16. The maximum atomic E-state index is 14.7. The zero-order chi connectivity index (χ0) is 20.1. The molecule has 28 heavy (non-hydrogen) atoms. The Labute approximate surface area is 167 Å². The van der Waals surface area contributed by atoms with Gasteiger partial charge in [-0.25, -0.2) is 9.97 Å². The molecular weight excluding hydrogens is 385 g/mol. The van der Waals surface area contributed by atoms with Crippen molar-refractivity contribution in [3.63, 3.8) is 0 Å². The number of halogens is 1. The minimum Gasteiger partial charge on any atom is -0.472 e. The number of hydrogen-bond acceptors (Lipinski definition) is 7. The molecule has 1 saturated carbocycles. The predicted octanol–water partition coefficient (Wildman–Crippen LogP) is 3.46. The first kappa shape index (κ1) is 20.7. The molecule has 2 heterocycles. The highest BCUT2D eigenvalue weighted by atomic mass is 32.1. The number of fused-ring (bicyclic) bond motifs is 1. The number of hydrogen-bond donors (Lipinski definition) is 1. The van der Waals surface area contributed by atoms with E-state index in [1.54, 1.807) is 0 Å². The molecule has 0 radical (unpaired) electrons. The van der Waals surface area contributed by atoms with Gasteiger partial charge in [0.25, 0.3) is 11.1 Å². The first-order chi connectivity index (χ1) is 13.5. The zero-order valence-electron chi connectivity index (χ0n) is 16.4. The van der Waals surface area contributed by atoms with Crippen LogP contribution in [0.3, 0.4) is 0 Å². The fourth-order valence-corrected chi connectivity index (χ4v) is 4.12. The zero-order valence-corrected chi connectivity index (χ0v) is 17.2. The second-order valence-corrected chi connectivity index (χ2v) is 7.92. The van der Waals surface area contributed by atoms with Crippen LogP contribution in [0.2, 0.25) is 0 Å². The van der Waals surface area contributed by atoms with E-state index in [1.165, 1.54) is 13.1 Å². The number of thiazole rings is 1. The highest BCUT2D eigenvalue weighted by molar-refractivity contribution is 7.20. The summed E-state index contributed by atoms with van der Waals surface area (Å²) in [6.45, 7) is 6.23. The number of pyridine rings is 1. The maximum Gasteiger partial charge on any atom is 0.274 e. The van der Waals surface area contributed by atoms with Crippen molar-refractivity contribution in [1.29, 1.82) is 0 Å². The van der Waals surface area contributed by atoms with Gasteiger partial charge in [0.05, 0.1) is 25.5 Å². The van der Waals surface area contributed by atoms with Crippen LogP contribution in [0.4, 0.5) is 4.39 Å². The number of nitrogens with zero attached hydrogens (tertiary/aromatic N) is 2. The molecule has 0 aromatic carbocycles. The number of carbonyl (C=O) groups is 1. The highest BCUT2D eigenvalue weighted by Crippen LogP contribution is 2.34. The number of rotatable bonds is 8. The lowest BCUT2D eigenvalue weighted by Crippen LogP contribution is -2.37. The third-order valence-corrected chi connectivity index (χ3v) is 5.50. The molecule has 1 amide bonds. The van der Waals surface area contributed by atoms with Crippen LogP contribution in [0.5, 0.6) is 11.1 Å². The Morgan fingerprint density at radius 3 is 2.75 bits per heavy atom. The lowest BCUT2D eigenvalue weighted by Gasteiger charge is -2.29. The molecule has 1 N–H and O–H groups in total. The number of ether oxygens (including phenoxy) is 3. The van der Waals surface area contributed by atoms with E-state index in [0.29, 0.717) is 28.6 Å². The van der Waals surface area contributed by atoms with Crippen LogP contribution in [-0.4, -0.2) is 47.3 Å². The highest BCUT2D eigenvalue weighted by Gasteiger charge is 2.25. The second kappa shape index (κ2) is 9.47. The van der Waals surface area contributed by atoms with Crippen molar-refractivity contribution in [2.75, 3.05) is 13.2 Å². The summed E-state index contributed by atoms with van der Waals surface area (Å²) in [7, 11) is 0. The van der Waals surface area contributed by atoms with Crippen molar-refractivity contribution in [2.24, 2.45) is 0 Å². The standard InChI is InChI=1S/C19H26FN3O4S/c1-4-25-19-23-15-9-21-18(16(20)17(15)28-19)27-14-7-5-13(6-8-14)26-10-11(2)22-12(3)24/h9,11,13-14H,4-8,10H2,1-3H3,(H,22,24)/t11-,13-,14-/m0/s1. The van der Waals surface area contributed by atoms with Crippen LogP contribution in [0.15, 0.2) is 6.20 Å². The lowest BCUT2D eigenvalue weighted by atomic mass is 9.95. The monoisotopic (exact) mass is 411 g/mol. The van der Waals surface area contributed by atoms with E-state index < -0.39 is 5.82 Å². The summed E-state index contributed by atoms with van der Waals surface area (Å²) in [6, 6.07) is -0.0162. The van der Waals surface area contributed by atoms with E-state index in [4.69, 9.17) is 14.2 Å². The van der Waals surface area contributed by atoms with Crippen molar-refractivity contribution in [2.45, 2.75) is 64.7 Å². The Morgan fingerprint density at radius 2 is 2.07 bits per heavy atom. The predicted molar refractivity (Wildman–Crippen MR) is 104 cm³/mol. The molecule has 0 spiro atoms. The molecule has 9 heteroatoms. The van der Waals surface area contributed by atoms with Crippen LogP contribution in [0.25, 0.3) is 10.2 Å². The molecule has 1 fully saturated rings. The summed E-state index contributed by atoms with van der Waals surface area (Å²) < 4.78 is 32.2. The Hall–Kier alpha value is -2.00. The van der Waals surface area contributed by atoms with E-state index in [1.807, 2.05) is 13.8 Å². The van der Waals surface area contributed by atoms with Gasteiger partial charge in [-0.15, -0.1) is 0 Å². The molecule has 2 aromatic rings. The molecular formula is C19H26FN3O4S. The van der Waals surface area contributed by atoms with Crippen molar-refractivity contribution in [3.05, 3.63) is 12.0 Å². The van der Waals surface area contributed by atoms with Gasteiger partial charge in [-0.1, -0.05) is 11.3 Å². The van der Waals surface area contributed by atoms with Gasteiger partial charge < -0.3 is 19.5 Å². The van der Waals surface area contributed by atoms with Crippen LogP contribution in [-0.2, 0) is 9.53 Å². The lowest BCUT2D eigenvalue weighted by molar-refractivity contribution is -0.120. The van der Waals surface area contributed by atoms with Gasteiger partial charge in [0.15, 0.2) is 0 Å². The summed E-state index contributed by atoms with van der Waals surface area (Å²) in [4.78, 5) is 19.3. The third-order valence-electron chi connectivity index (χ3n) is 4.52. The smallest absolute Gasteiger partial charge is 0.274 e. The fraction of sp³-hybridized carbons (Fsp3) is 0.632. The summed E-state index contributed by atoms with van der Waals surface area (Å²) in [5.41, 5.74) is 0.476. The molecule has 1 atom stereocenters. The van der Waals surface area contributed by atoms with E-state index in [0.717, 1.165) is 37.0 Å². The van der Waals surface area contributed by atoms with Crippen LogP contribution < -0.4 is 14.8 Å². The van der Waals surface area contributed by atoms with E-state index >= 15 is 0 Å². The topological polar surface area (TPSA) is 82.6 Å². The maximum absolute atomic E-state index is 14.7. The molecule has 0 aliphatic heterocycles. The number of nitrogens with one attached hydrogen (secondary N) is 1. The molecule has 154 valence electrons. The van der Waals surface area contributed by atoms with Gasteiger partial charge in [-0.2, -0.15) is 4.39 Å². The van der Waals surface area contributed by atoms with Crippen LogP contribution >= 0.6 is 11.3 Å². The Balaban J connectivity index is 1.52. The van der Waals surface area contributed by atoms with Crippen LogP contribution in [0.1, 0.15) is 46.5 Å². The summed E-state index contributed by atoms with van der Waals surface area (Å²) in [5, 5.41) is 3.23. The fourth-order valence-electron chi connectivity index (χ4n) is 3.24. The largest absolute Gasteiger partial charge is 0.472 e. The number of carbonyl (C=O) groups excluding carboxylic acids is 1. The van der Waals surface area contributed by atoms with Gasteiger partial charge >= 0.3 is 0 Å². The average molecular weight is 411 g/mol. The van der Waals surface area contributed by atoms with E-state index in [2.05, 4.69) is 15.3 Å². The molecule has 1 aliphatic rings. The second-order valence-electron chi connectivity index (χ2n) is 6.96. The van der Waals surface area contributed by atoms with Gasteiger partial charge in [-0.05, 0) is 39.5 Å². The minimum absolute atomic E-state index is 0.0162. The molecule has 7 nitrogen and oxygen atoms in total. The Kier molecular flexibility index (Phi) is 7.01. The minimum atomic E-state index is -0.483. The first-order valence-corrected chi connectivity index (χ1v) is 10.4. The Morgan fingerprint density at radius 1 is 1.36 bits per heavy atom. The number of amides is 1. The van der Waals surface area contributed by atoms with Crippen LogP contribution in [0, 0.1) is 5.82 Å². The van der Waals surface area contributed by atoms with Gasteiger partial charge in [-0.3, -0.25) is 4.79 Å². The van der Waals surface area contributed by atoms with Crippen molar-refractivity contribution in [1.82, 2.24) is 15.3 Å². The first-order valence-electron chi connectivity index (χ1n) is 9.59. The van der Waals surface area contributed by atoms with Gasteiger partial charge in [0.2, 0.25) is 11.7 Å². The van der Waals surface area contributed by atoms with Crippen molar-refractivity contribution in [3.8, 4) is 11.1 Å². The summed E-state index contributed by atoms with van der Waals surface area (Å²) in [5.74, 6) is -0.527. The molecule has 0 bridgehead atoms. The number of aromatic nitrogens is 2. The van der Waals surface area contributed by atoms with Crippen molar-refractivity contribution >= 4 is 27.5 Å². The average Bonchev–Trinajstić information content (AvgIpc) is 3.07. The molecule has 0 saturated heterocycles. The third kappa shape index (κ3) is 5.29.